The SMILES string of the molecule is CCCCC[C@@H]1[C@]2(C#N)C(N)=NC3(OCCO3)[C@]12C#N. The van der Waals surface area contributed by atoms with E-state index in [-0.39, 0.29) is 11.8 Å². The Labute approximate surface area is 118 Å². The van der Waals surface area contributed by atoms with Crippen LogP contribution in [0.5, 0.6) is 0 Å². The summed E-state index contributed by atoms with van der Waals surface area (Å²) >= 11 is 0. The number of nitrogens with two attached hydrogens (primary N) is 1. The van der Waals surface area contributed by atoms with Crippen molar-refractivity contribution < 1.29 is 9.47 Å². The molecule has 106 valence electrons. The average molecular weight is 274 g/mol. The lowest BCUT2D eigenvalue weighted by molar-refractivity contribution is -0.186. The van der Waals surface area contributed by atoms with E-state index in [1.54, 1.807) is 0 Å². The molecular formula is C14H18N4O2. The van der Waals surface area contributed by atoms with Crippen molar-refractivity contribution in [3.63, 3.8) is 0 Å². The second kappa shape index (κ2) is 4.18. The minimum Gasteiger partial charge on any atom is -0.386 e. The Kier molecular flexibility index (Phi) is 2.79. The molecule has 1 aliphatic carbocycles. The molecule has 0 bridgehead atoms. The topological polar surface area (TPSA) is 104 Å². The highest BCUT2D eigenvalue weighted by Gasteiger charge is 2.93. The molecule has 3 aliphatic rings. The highest BCUT2D eigenvalue weighted by molar-refractivity contribution is 5.98. The molecule has 0 unspecified atom stereocenters. The van der Waals surface area contributed by atoms with E-state index in [2.05, 4.69) is 24.1 Å². The Bertz CT molecular complexity index is 540. The largest absolute Gasteiger partial charge is 0.386 e. The molecule has 0 aromatic carbocycles. The lowest BCUT2D eigenvalue weighted by atomic mass is 9.94. The average Bonchev–Trinajstić information content (AvgIpc) is 2.69. The van der Waals surface area contributed by atoms with Crippen molar-refractivity contribution in [2.45, 2.75) is 38.5 Å². The predicted molar refractivity (Wildman–Crippen MR) is 70.0 cm³/mol. The van der Waals surface area contributed by atoms with Crippen LogP contribution >= 0.6 is 0 Å². The van der Waals surface area contributed by atoms with Crippen LogP contribution in [0.1, 0.15) is 32.6 Å². The van der Waals surface area contributed by atoms with E-state index in [1.807, 2.05) is 0 Å². The fourth-order valence-electron chi connectivity index (χ4n) is 3.92. The quantitative estimate of drug-likeness (QED) is 0.778. The van der Waals surface area contributed by atoms with Gasteiger partial charge in [-0.25, -0.2) is 4.99 Å². The Morgan fingerprint density at radius 1 is 1.30 bits per heavy atom. The van der Waals surface area contributed by atoms with Crippen molar-refractivity contribution in [3.05, 3.63) is 0 Å². The van der Waals surface area contributed by atoms with Gasteiger partial charge in [0, 0.05) is 5.92 Å². The number of unbranched alkanes of at least 4 members (excludes halogenated alkanes) is 2. The molecule has 1 saturated carbocycles. The molecule has 0 radical (unpaired) electrons. The third-order valence-corrected chi connectivity index (χ3v) is 4.88. The Hall–Kier alpha value is -1.63. The summed E-state index contributed by atoms with van der Waals surface area (Å²) in [5.41, 5.74) is 3.90. The number of fused-ring (bicyclic) bond motifs is 2. The molecule has 2 N–H and O–H groups in total. The van der Waals surface area contributed by atoms with Crippen molar-refractivity contribution in [3.8, 4) is 12.1 Å². The van der Waals surface area contributed by atoms with Gasteiger partial charge < -0.3 is 15.2 Å². The molecule has 6 heteroatoms. The molecule has 3 atom stereocenters. The molecule has 2 fully saturated rings. The summed E-state index contributed by atoms with van der Waals surface area (Å²) < 4.78 is 11.2. The third kappa shape index (κ3) is 1.17. The van der Waals surface area contributed by atoms with E-state index in [9.17, 15) is 10.5 Å². The zero-order valence-corrected chi connectivity index (χ0v) is 11.6. The van der Waals surface area contributed by atoms with Gasteiger partial charge in [0.25, 0.3) is 5.91 Å². The van der Waals surface area contributed by atoms with Crippen LogP contribution in [0, 0.1) is 39.4 Å². The van der Waals surface area contributed by atoms with Crippen LogP contribution in [-0.2, 0) is 9.47 Å². The summed E-state index contributed by atoms with van der Waals surface area (Å²) in [7, 11) is 0. The maximum Gasteiger partial charge on any atom is 0.293 e. The molecule has 0 aromatic rings. The van der Waals surface area contributed by atoms with Gasteiger partial charge in [-0.3, -0.25) is 0 Å². The second-order valence-electron chi connectivity index (χ2n) is 5.66. The maximum atomic E-state index is 9.74. The summed E-state index contributed by atoms with van der Waals surface area (Å²) in [6, 6.07) is 4.53. The first-order valence-electron chi connectivity index (χ1n) is 7.11. The number of nitriles is 2. The Morgan fingerprint density at radius 3 is 2.55 bits per heavy atom. The highest BCUT2D eigenvalue weighted by Crippen LogP contribution is 2.79. The summed E-state index contributed by atoms with van der Waals surface area (Å²) in [6.45, 7) is 2.88. The van der Waals surface area contributed by atoms with Crippen LogP contribution in [-0.4, -0.2) is 25.0 Å². The molecule has 20 heavy (non-hydrogen) atoms. The zero-order chi connectivity index (χ0) is 14.4. The molecule has 0 amide bonds. The number of aliphatic imine (C=N–C) groups is 1. The van der Waals surface area contributed by atoms with Crippen LogP contribution in [0.2, 0.25) is 0 Å². The first-order valence-corrected chi connectivity index (χ1v) is 7.11. The van der Waals surface area contributed by atoms with Crippen molar-refractivity contribution in [2.75, 3.05) is 13.2 Å². The molecule has 1 spiro atoms. The second-order valence-corrected chi connectivity index (χ2v) is 5.66. The number of amidine groups is 1. The van der Waals surface area contributed by atoms with Crippen molar-refractivity contribution in [1.29, 1.82) is 10.5 Å². The zero-order valence-electron chi connectivity index (χ0n) is 11.6. The number of nitrogens with zero attached hydrogens (tertiary/aromatic N) is 3. The van der Waals surface area contributed by atoms with Gasteiger partial charge in [0.2, 0.25) is 0 Å². The predicted octanol–water partition coefficient (Wildman–Crippen LogP) is 1.29. The van der Waals surface area contributed by atoms with Gasteiger partial charge in [0.05, 0.1) is 25.4 Å². The highest BCUT2D eigenvalue weighted by atomic mass is 16.8. The van der Waals surface area contributed by atoms with E-state index < -0.39 is 16.7 Å². The number of hydrogen-bond acceptors (Lipinski definition) is 6. The van der Waals surface area contributed by atoms with Crippen LogP contribution in [0.25, 0.3) is 0 Å². The van der Waals surface area contributed by atoms with Gasteiger partial charge in [0.1, 0.15) is 11.3 Å². The Morgan fingerprint density at radius 2 is 2.00 bits per heavy atom. The fourth-order valence-corrected chi connectivity index (χ4v) is 3.92. The smallest absolute Gasteiger partial charge is 0.293 e. The van der Waals surface area contributed by atoms with Crippen molar-refractivity contribution in [1.82, 2.24) is 0 Å². The lowest BCUT2D eigenvalue weighted by Gasteiger charge is -2.25. The first kappa shape index (κ1) is 13.4. The van der Waals surface area contributed by atoms with E-state index >= 15 is 0 Å². The van der Waals surface area contributed by atoms with E-state index in [1.165, 1.54) is 0 Å². The van der Waals surface area contributed by atoms with Gasteiger partial charge in [-0.2, -0.15) is 10.5 Å². The van der Waals surface area contributed by atoms with E-state index in [0.29, 0.717) is 13.2 Å². The number of hydrogen-bond donors (Lipinski definition) is 1. The van der Waals surface area contributed by atoms with E-state index in [4.69, 9.17) is 15.2 Å². The summed E-state index contributed by atoms with van der Waals surface area (Å²) in [5.74, 6) is -1.30. The summed E-state index contributed by atoms with van der Waals surface area (Å²) in [5, 5.41) is 19.4. The molecule has 1 saturated heterocycles. The van der Waals surface area contributed by atoms with Crippen LogP contribution in [0.3, 0.4) is 0 Å². The standard InChI is InChI=1S/C14H18N4O2/c1-2-3-4-5-10-12(8-15)11(17)18-14(13(10,12)9-16)19-6-7-20-14/h10H,2-7H2,1H3,(H2,17,18)/t10-,12-,13-/m1/s1. The monoisotopic (exact) mass is 274 g/mol. The van der Waals surface area contributed by atoms with Gasteiger partial charge in [0.15, 0.2) is 5.41 Å². The van der Waals surface area contributed by atoms with Crippen LogP contribution in [0.4, 0.5) is 0 Å². The van der Waals surface area contributed by atoms with Gasteiger partial charge in [-0.1, -0.05) is 26.2 Å². The van der Waals surface area contributed by atoms with Crippen LogP contribution < -0.4 is 5.73 Å². The van der Waals surface area contributed by atoms with Crippen molar-refractivity contribution in [2.24, 2.45) is 27.5 Å². The molecule has 3 rings (SSSR count). The fraction of sp³-hybridized carbons (Fsp3) is 0.786. The molecule has 6 nitrogen and oxygen atoms in total. The summed E-state index contributed by atoms with van der Waals surface area (Å²) in [4.78, 5) is 4.22. The first-order chi connectivity index (χ1) is 9.65. The van der Waals surface area contributed by atoms with Gasteiger partial charge in [-0.15, -0.1) is 0 Å². The number of ether oxygens (including phenoxy) is 2. The minimum atomic E-state index is -1.35. The van der Waals surface area contributed by atoms with Crippen molar-refractivity contribution >= 4 is 5.84 Å². The Balaban J connectivity index is 1.98. The normalized spacial score (nSPS) is 40.0. The molecule has 0 aromatic heterocycles. The number of rotatable bonds is 4. The van der Waals surface area contributed by atoms with Gasteiger partial charge in [-0.05, 0) is 6.42 Å². The lowest BCUT2D eigenvalue weighted by Crippen LogP contribution is -2.39. The third-order valence-electron chi connectivity index (χ3n) is 4.88. The minimum absolute atomic E-state index is 0.146. The van der Waals surface area contributed by atoms with E-state index in [0.717, 1.165) is 25.7 Å². The molecule has 2 heterocycles. The van der Waals surface area contributed by atoms with Crippen LogP contribution in [0.15, 0.2) is 4.99 Å². The maximum absolute atomic E-state index is 9.74. The van der Waals surface area contributed by atoms with Gasteiger partial charge >= 0.3 is 0 Å². The molecule has 2 aliphatic heterocycles. The summed E-state index contributed by atoms with van der Waals surface area (Å²) in [6.07, 6.45) is 3.91. The molecular weight excluding hydrogens is 256 g/mol.